The van der Waals surface area contributed by atoms with E-state index in [1.165, 1.54) is 16.9 Å². The normalized spacial score (nSPS) is 13.0. The predicted octanol–water partition coefficient (Wildman–Crippen LogP) is 3.05. The summed E-state index contributed by atoms with van der Waals surface area (Å²) in [6.45, 7) is 1.74. The van der Waals surface area contributed by atoms with Crippen molar-refractivity contribution in [2.45, 2.75) is 12.8 Å². The summed E-state index contributed by atoms with van der Waals surface area (Å²) in [5.41, 5.74) is 1.68. The molecule has 7 heteroatoms. The molecular formula is C16H13F2N5. The molecular weight excluding hydrogens is 300 g/mol. The van der Waals surface area contributed by atoms with Gasteiger partial charge in [0.25, 0.3) is 0 Å². The van der Waals surface area contributed by atoms with E-state index in [1.807, 2.05) is 0 Å². The summed E-state index contributed by atoms with van der Waals surface area (Å²) >= 11 is 0. The van der Waals surface area contributed by atoms with E-state index in [1.54, 1.807) is 43.0 Å². The van der Waals surface area contributed by atoms with Gasteiger partial charge in [-0.1, -0.05) is 6.92 Å². The van der Waals surface area contributed by atoms with Crippen molar-refractivity contribution < 1.29 is 8.78 Å². The highest BCUT2D eigenvalue weighted by Crippen LogP contribution is 2.32. The van der Waals surface area contributed by atoms with Gasteiger partial charge < -0.3 is 0 Å². The van der Waals surface area contributed by atoms with E-state index >= 15 is 0 Å². The van der Waals surface area contributed by atoms with E-state index in [2.05, 4.69) is 15.2 Å². The smallest absolute Gasteiger partial charge is 0.153 e. The average molecular weight is 313 g/mol. The molecule has 4 rings (SSSR count). The Kier molecular flexibility index (Phi) is 2.90. The van der Waals surface area contributed by atoms with Gasteiger partial charge in [-0.2, -0.15) is 10.2 Å². The van der Waals surface area contributed by atoms with Crippen LogP contribution in [0.5, 0.6) is 0 Å². The predicted molar refractivity (Wildman–Crippen MR) is 81.1 cm³/mol. The minimum absolute atomic E-state index is 0.00190. The van der Waals surface area contributed by atoms with E-state index in [-0.39, 0.29) is 5.56 Å². The van der Waals surface area contributed by atoms with Crippen LogP contribution in [0.2, 0.25) is 0 Å². The second-order valence-corrected chi connectivity index (χ2v) is 5.49. The topological polar surface area (TPSA) is 48.0 Å². The standard InChI is InChI=1S/C16H13F2N5/c1-9(13-8-19-14-4-3-5-20-23(13)14)15-11(17)6-12-10(16(15)18)7-21-22(12)2/h3-9H,1-2H3/t9-/m1/s1. The fourth-order valence-corrected chi connectivity index (χ4v) is 2.92. The molecule has 4 aromatic rings. The molecule has 0 amide bonds. The molecule has 1 aromatic carbocycles. The zero-order valence-corrected chi connectivity index (χ0v) is 12.5. The van der Waals surface area contributed by atoms with Gasteiger partial charge in [0.15, 0.2) is 5.65 Å². The van der Waals surface area contributed by atoms with Gasteiger partial charge in [0.05, 0.1) is 29.0 Å². The molecule has 0 fully saturated rings. The van der Waals surface area contributed by atoms with E-state index in [4.69, 9.17) is 0 Å². The summed E-state index contributed by atoms with van der Waals surface area (Å²) in [5, 5.41) is 8.50. The number of imidazole rings is 1. The summed E-state index contributed by atoms with van der Waals surface area (Å²) < 4.78 is 32.4. The molecule has 5 nitrogen and oxygen atoms in total. The molecule has 1 atom stereocenters. The zero-order chi connectivity index (χ0) is 16.1. The summed E-state index contributed by atoms with van der Waals surface area (Å²) in [4.78, 5) is 4.23. The number of rotatable bonds is 2. The molecule has 0 aliphatic rings. The lowest BCUT2D eigenvalue weighted by molar-refractivity contribution is 0.550. The number of halogens is 2. The van der Waals surface area contributed by atoms with Gasteiger partial charge >= 0.3 is 0 Å². The molecule has 0 saturated carbocycles. The highest BCUT2D eigenvalue weighted by Gasteiger charge is 2.24. The Bertz CT molecular complexity index is 1030. The first-order valence-corrected chi connectivity index (χ1v) is 7.16. The molecule has 23 heavy (non-hydrogen) atoms. The average Bonchev–Trinajstić information content (AvgIpc) is 3.12. The fraction of sp³-hybridized carbons (Fsp3) is 0.188. The van der Waals surface area contributed by atoms with Crippen LogP contribution in [0.25, 0.3) is 16.6 Å². The van der Waals surface area contributed by atoms with Crippen molar-refractivity contribution in [3.8, 4) is 0 Å². The Morgan fingerprint density at radius 3 is 2.83 bits per heavy atom. The molecule has 0 spiro atoms. The second-order valence-electron chi connectivity index (χ2n) is 5.49. The molecule has 0 bridgehead atoms. The Balaban J connectivity index is 1.94. The Labute approximate surface area is 130 Å². The highest BCUT2D eigenvalue weighted by atomic mass is 19.1. The number of benzene rings is 1. The van der Waals surface area contributed by atoms with Crippen LogP contribution in [0.15, 0.2) is 36.8 Å². The Hall–Kier alpha value is -2.83. The maximum atomic E-state index is 14.8. The van der Waals surface area contributed by atoms with E-state index in [9.17, 15) is 8.78 Å². The number of hydrogen-bond acceptors (Lipinski definition) is 3. The lowest BCUT2D eigenvalue weighted by Crippen LogP contribution is -2.08. The maximum absolute atomic E-state index is 14.8. The summed E-state index contributed by atoms with van der Waals surface area (Å²) in [6, 6.07) is 4.87. The first kappa shape index (κ1) is 13.8. The highest BCUT2D eigenvalue weighted by molar-refractivity contribution is 5.80. The van der Waals surface area contributed by atoms with Crippen LogP contribution in [0, 0.1) is 11.6 Å². The third kappa shape index (κ3) is 1.93. The SMILES string of the molecule is C[C@@H](c1c(F)cc2c(cnn2C)c1F)c1cnc2cccnn12. The largest absolute Gasteiger partial charge is 0.268 e. The van der Waals surface area contributed by atoms with Gasteiger partial charge in [-0.15, -0.1) is 0 Å². The van der Waals surface area contributed by atoms with Crippen molar-refractivity contribution in [1.29, 1.82) is 0 Å². The monoisotopic (exact) mass is 313 g/mol. The molecule has 0 unspecified atom stereocenters. The van der Waals surface area contributed by atoms with Crippen LogP contribution in [-0.4, -0.2) is 24.4 Å². The molecule has 0 N–H and O–H groups in total. The Morgan fingerprint density at radius 1 is 1.17 bits per heavy atom. The number of aromatic nitrogens is 5. The molecule has 3 heterocycles. The van der Waals surface area contributed by atoms with Crippen molar-refractivity contribution in [2.24, 2.45) is 7.05 Å². The van der Waals surface area contributed by atoms with Crippen LogP contribution in [-0.2, 0) is 7.05 Å². The minimum Gasteiger partial charge on any atom is -0.268 e. The van der Waals surface area contributed by atoms with Gasteiger partial charge in [-0.3, -0.25) is 4.68 Å². The van der Waals surface area contributed by atoms with Gasteiger partial charge in [0.2, 0.25) is 0 Å². The molecule has 0 aliphatic heterocycles. The van der Waals surface area contributed by atoms with Crippen LogP contribution >= 0.6 is 0 Å². The minimum atomic E-state index is -0.600. The van der Waals surface area contributed by atoms with Crippen molar-refractivity contribution >= 4 is 16.6 Å². The van der Waals surface area contributed by atoms with Crippen LogP contribution in [0.1, 0.15) is 24.1 Å². The quantitative estimate of drug-likeness (QED) is 0.571. The molecule has 3 aromatic heterocycles. The van der Waals surface area contributed by atoms with Crippen molar-refractivity contribution in [1.82, 2.24) is 24.4 Å². The zero-order valence-electron chi connectivity index (χ0n) is 12.5. The fourth-order valence-electron chi connectivity index (χ4n) is 2.92. The Morgan fingerprint density at radius 2 is 2.00 bits per heavy atom. The van der Waals surface area contributed by atoms with Crippen LogP contribution in [0.3, 0.4) is 0 Å². The third-order valence-corrected chi connectivity index (χ3v) is 4.16. The van der Waals surface area contributed by atoms with Gasteiger partial charge in [0, 0.05) is 30.8 Å². The van der Waals surface area contributed by atoms with E-state index in [0.29, 0.717) is 22.2 Å². The first-order chi connectivity index (χ1) is 11.1. The summed E-state index contributed by atoms with van der Waals surface area (Å²) in [7, 11) is 1.65. The second kappa shape index (κ2) is 4.84. The number of hydrogen-bond donors (Lipinski definition) is 0. The van der Waals surface area contributed by atoms with Gasteiger partial charge in [-0.25, -0.2) is 18.3 Å². The van der Waals surface area contributed by atoms with Gasteiger partial charge in [0.1, 0.15) is 11.6 Å². The molecule has 0 saturated heterocycles. The maximum Gasteiger partial charge on any atom is 0.153 e. The third-order valence-electron chi connectivity index (χ3n) is 4.16. The van der Waals surface area contributed by atoms with E-state index < -0.39 is 17.6 Å². The summed E-state index contributed by atoms with van der Waals surface area (Å²) in [5.74, 6) is -1.73. The van der Waals surface area contributed by atoms with Crippen LogP contribution < -0.4 is 0 Å². The van der Waals surface area contributed by atoms with Gasteiger partial charge in [-0.05, 0) is 12.1 Å². The molecule has 116 valence electrons. The van der Waals surface area contributed by atoms with Crippen molar-refractivity contribution in [3.05, 3.63) is 59.7 Å². The lowest BCUT2D eigenvalue weighted by atomic mass is 9.95. The first-order valence-electron chi connectivity index (χ1n) is 7.16. The van der Waals surface area contributed by atoms with Crippen molar-refractivity contribution in [3.63, 3.8) is 0 Å². The molecule has 0 aliphatic carbocycles. The molecule has 0 radical (unpaired) electrons. The van der Waals surface area contributed by atoms with Crippen LogP contribution in [0.4, 0.5) is 8.78 Å². The van der Waals surface area contributed by atoms with Crippen molar-refractivity contribution in [2.75, 3.05) is 0 Å². The number of aryl methyl sites for hydroxylation is 1. The lowest BCUT2D eigenvalue weighted by Gasteiger charge is -2.14. The summed E-state index contributed by atoms with van der Waals surface area (Å²) in [6.07, 6.45) is 4.62. The number of fused-ring (bicyclic) bond motifs is 2. The van der Waals surface area contributed by atoms with E-state index in [0.717, 1.165) is 0 Å². The number of nitrogens with zero attached hydrogens (tertiary/aromatic N) is 5.